The quantitative estimate of drug-likeness (QED) is 0.753. The van der Waals surface area contributed by atoms with Crippen molar-refractivity contribution in [2.45, 2.75) is 6.92 Å². The van der Waals surface area contributed by atoms with Gasteiger partial charge in [0.15, 0.2) is 0 Å². The second-order valence-electron chi connectivity index (χ2n) is 3.60. The minimum Gasteiger partial charge on any atom is -0.385 e. The lowest BCUT2D eigenvalue weighted by atomic mass is 10.2. The molecule has 0 saturated heterocycles. The highest BCUT2D eigenvalue weighted by atomic mass is 32.2. The molecule has 0 fully saturated rings. The SMILES string of the molecule is C[C@@H](CNc1ccccc1)CS(=O)(=O)O. The zero-order valence-corrected chi connectivity index (χ0v) is 9.37. The largest absolute Gasteiger partial charge is 0.385 e. The van der Waals surface area contributed by atoms with Gasteiger partial charge in [-0.1, -0.05) is 25.1 Å². The second-order valence-corrected chi connectivity index (χ2v) is 5.10. The monoisotopic (exact) mass is 229 g/mol. The summed E-state index contributed by atoms with van der Waals surface area (Å²) in [5.74, 6) is -0.340. The lowest BCUT2D eigenvalue weighted by molar-refractivity contribution is 0.471. The maximum absolute atomic E-state index is 10.6. The molecule has 0 bridgehead atoms. The van der Waals surface area contributed by atoms with E-state index in [0.717, 1.165) is 5.69 Å². The van der Waals surface area contributed by atoms with Crippen molar-refractivity contribution in [1.29, 1.82) is 0 Å². The number of para-hydroxylation sites is 1. The summed E-state index contributed by atoms with van der Waals surface area (Å²) in [4.78, 5) is 0. The van der Waals surface area contributed by atoms with Crippen LogP contribution < -0.4 is 5.32 Å². The van der Waals surface area contributed by atoms with Gasteiger partial charge in [0, 0.05) is 12.2 Å². The summed E-state index contributed by atoms with van der Waals surface area (Å²) >= 11 is 0. The van der Waals surface area contributed by atoms with Gasteiger partial charge in [0.1, 0.15) is 0 Å². The Labute approximate surface area is 90.1 Å². The van der Waals surface area contributed by atoms with Crippen LogP contribution in [0.2, 0.25) is 0 Å². The second kappa shape index (κ2) is 5.14. The van der Waals surface area contributed by atoms with Gasteiger partial charge in [-0.2, -0.15) is 8.42 Å². The van der Waals surface area contributed by atoms with Crippen molar-refractivity contribution in [3.8, 4) is 0 Å². The fourth-order valence-corrected chi connectivity index (χ4v) is 2.10. The Hall–Kier alpha value is -1.07. The molecule has 0 amide bonds. The van der Waals surface area contributed by atoms with Crippen molar-refractivity contribution >= 4 is 15.8 Å². The van der Waals surface area contributed by atoms with Crippen molar-refractivity contribution in [2.75, 3.05) is 17.6 Å². The maximum atomic E-state index is 10.6. The highest BCUT2D eigenvalue weighted by molar-refractivity contribution is 7.85. The summed E-state index contributed by atoms with van der Waals surface area (Å²) in [5, 5.41) is 3.09. The Morgan fingerprint density at radius 3 is 2.47 bits per heavy atom. The molecule has 15 heavy (non-hydrogen) atoms. The van der Waals surface area contributed by atoms with E-state index in [1.54, 1.807) is 6.92 Å². The number of rotatable bonds is 5. The van der Waals surface area contributed by atoms with Gasteiger partial charge in [-0.25, -0.2) is 0 Å². The molecule has 0 radical (unpaired) electrons. The predicted molar refractivity (Wildman–Crippen MR) is 60.5 cm³/mol. The molecule has 1 rings (SSSR count). The van der Waals surface area contributed by atoms with E-state index in [0.29, 0.717) is 6.54 Å². The lowest BCUT2D eigenvalue weighted by Crippen LogP contribution is -2.20. The first-order chi connectivity index (χ1) is 6.97. The third-order valence-corrected chi connectivity index (χ3v) is 2.91. The van der Waals surface area contributed by atoms with Crippen LogP contribution in [0.5, 0.6) is 0 Å². The molecule has 0 aliphatic heterocycles. The normalized spacial score (nSPS) is 13.5. The smallest absolute Gasteiger partial charge is 0.265 e. The molecule has 0 unspecified atom stereocenters. The van der Waals surface area contributed by atoms with Crippen LogP contribution in [-0.2, 0) is 10.1 Å². The molecule has 0 aliphatic rings. The first-order valence-corrected chi connectivity index (χ1v) is 6.32. The summed E-state index contributed by atoms with van der Waals surface area (Å²) in [6.07, 6.45) is 0. The van der Waals surface area contributed by atoms with Crippen molar-refractivity contribution < 1.29 is 13.0 Å². The van der Waals surface area contributed by atoms with Gasteiger partial charge in [-0.3, -0.25) is 4.55 Å². The van der Waals surface area contributed by atoms with E-state index in [4.69, 9.17) is 4.55 Å². The van der Waals surface area contributed by atoms with Gasteiger partial charge >= 0.3 is 0 Å². The van der Waals surface area contributed by atoms with Crippen LogP contribution in [-0.4, -0.2) is 25.3 Å². The van der Waals surface area contributed by atoms with Gasteiger partial charge in [-0.05, 0) is 18.1 Å². The molecule has 0 heterocycles. The zero-order valence-electron chi connectivity index (χ0n) is 8.55. The van der Waals surface area contributed by atoms with Gasteiger partial charge in [-0.15, -0.1) is 0 Å². The molecule has 0 spiro atoms. The Bertz CT molecular complexity index is 388. The maximum Gasteiger partial charge on any atom is 0.265 e. The van der Waals surface area contributed by atoms with Crippen LogP contribution in [0.1, 0.15) is 6.92 Å². The zero-order chi connectivity index (χ0) is 11.3. The first kappa shape index (κ1) is 12.0. The molecule has 5 heteroatoms. The van der Waals surface area contributed by atoms with E-state index in [2.05, 4.69) is 5.32 Å². The number of benzene rings is 1. The average Bonchev–Trinajstić information content (AvgIpc) is 2.14. The van der Waals surface area contributed by atoms with Crippen molar-refractivity contribution in [2.24, 2.45) is 5.92 Å². The number of anilines is 1. The van der Waals surface area contributed by atoms with E-state index in [1.165, 1.54) is 0 Å². The molecule has 0 aliphatic carbocycles. The standard InChI is InChI=1S/C10H15NO3S/c1-9(8-15(12,13)14)7-11-10-5-3-2-4-6-10/h2-6,9,11H,7-8H2,1H3,(H,12,13,14)/t9-/m0/s1. The Balaban J connectivity index is 2.38. The molecule has 0 saturated carbocycles. The summed E-state index contributed by atoms with van der Waals surface area (Å²) in [6, 6.07) is 9.51. The van der Waals surface area contributed by atoms with Crippen molar-refractivity contribution in [1.82, 2.24) is 0 Å². The fourth-order valence-electron chi connectivity index (χ4n) is 1.27. The Kier molecular flexibility index (Phi) is 4.11. The summed E-state index contributed by atoms with van der Waals surface area (Å²) < 4.78 is 29.8. The van der Waals surface area contributed by atoms with E-state index in [9.17, 15) is 8.42 Å². The molecule has 84 valence electrons. The van der Waals surface area contributed by atoms with Gasteiger partial charge in [0.25, 0.3) is 10.1 Å². The first-order valence-electron chi connectivity index (χ1n) is 4.71. The van der Waals surface area contributed by atoms with Crippen LogP contribution >= 0.6 is 0 Å². The average molecular weight is 229 g/mol. The predicted octanol–water partition coefficient (Wildman–Crippen LogP) is 1.62. The van der Waals surface area contributed by atoms with Crippen LogP contribution in [0.3, 0.4) is 0 Å². The molecule has 1 aromatic rings. The third-order valence-electron chi connectivity index (χ3n) is 1.92. The molecular formula is C10H15NO3S. The van der Waals surface area contributed by atoms with E-state index in [-0.39, 0.29) is 11.7 Å². The van der Waals surface area contributed by atoms with Crippen molar-refractivity contribution in [3.63, 3.8) is 0 Å². The van der Waals surface area contributed by atoms with Crippen LogP contribution in [0.25, 0.3) is 0 Å². The molecule has 1 atom stereocenters. The Morgan fingerprint density at radius 1 is 1.33 bits per heavy atom. The van der Waals surface area contributed by atoms with Gasteiger partial charge in [0.05, 0.1) is 5.75 Å². The van der Waals surface area contributed by atoms with Crippen LogP contribution in [0.15, 0.2) is 30.3 Å². The highest BCUT2D eigenvalue weighted by Gasteiger charge is 2.11. The molecular weight excluding hydrogens is 214 g/mol. The fraction of sp³-hybridized carbons (Fsp3) is 0.400. The van der Waals surface area contributed by atoms with E-state index in [1.807, 2.05) is 30.3 Å². The Morgan fingerprint density at radius 2 is 1.93 bits per heavy atom. The summed E-state index contributed by atoms with van der Waals surface area (Å²) in [7, 11) is -3.87. The molecule has 4 nitrogen and oxygen atoms in total. The minimum atomic E-state index is -3.87. The van der Waals surface area contributed by atoms with Gasteiger partial charge in [0.2, 0.25) is 0 Å². The molecule has 0 aromatic heterocycles. The summed E-state index contributed by atoms with van der Waals surface area (Å²) in [5.41, 5.74) is 0.944. The van der Waals surface area contributed by atoms with Crippen LogP contribution in [0, 0.1) is 5.92 Å². The topological polar surface area (TPSA) is 66.4 Å². The number of nitrogens with one attached hydrogen (secondary N) is 1. The molecule has 1 aromatic carbocycles. The van der Waals surface area contributed by atoms with E-state index < -0.39 is 10.1 Å². The third kappa shape index (κ3) is 5.39. The van der Waals surface area contributed by atoms with Gasteiger partial charge < -0.3 is 5.32 Å². The number of hydrogen-bond acceptors (Lipinski definition) is 3. The summed E-state index contributed by atoms with van der Waals surface area (Å²) in [6.45, 7) is 2.29. The highest BCUT2D eigenvalue weighted by Crippen LogP contribution is 2.07. The molecule has 2 N–H and O–H groups in total. The minimum absolute atomic E-state index is 0.125. The van der Waals surface area contributed by atoms with Crippen molar-refractivity contribution in [3.05, 3.63) is 30.3 Å². The van der Waals surface area contributed by atoms with Crippen LogP contribution in [0.4, 0.5) is 5.69 Å². The lowest BCUT2D eigenvalue weighted by Gasteiger charge is -2.11. The van der Waals surface area contributed by atoms with E-state index >= 15 is 0 Å². The number of hydrogen-bond donors (Lipinski definition) is 2.